The maximum Gasteiger partial charge on any atom is 0.343 e. The summed E-state index contributed by atoms with van der Waals surface area (Å²) >= 11 is 0. The second-order valence-electron chi connectivity index (χ2n) is 7.23. The normalized spacial score (nSPS) is 13.6. The van der Waals surface area contributed by atoms with Crippen molar-refractivity contribution in [3.63, 3.8) is 0 Å². The Morgan fingerprint density at radius 2 is 1.56 bits per heavy atom. The molecule has 32 heavy (non-hydrogen) atoms. The predicted octanol–water partition coefficient (Wildman–Crippen LogP) is 4.75. The van der Waals surface area contributed by atoms with Gasteiger partial charge in [0.15, 0.2) is 17.3 Å². The van der Waals surface area contributed by atoms with Crippen LogP contribution in [0.2, 0.25) is 0 Å². The number of carbonyl (C=O) groups excluding carboxylic acids is 2. The van der Waals surface area contributed by atoms with Crippen LogP contribution in [-0.2, 0) is 6.42 Å². The van der Waals surface area contributed by atoms with Crippen LogP contribution in [0, 0.1) is 0 Å². The fourth-order valence-corrected chi connectivity index (χ4v) is 3.62. The molecule has 0 radical (unpaired) electrons. The summed E-state index contributed by atoms with van der Waals surface area (Å²) in [5, 5.41) is 0. The van der Waals surface area contributed by atoms with Gasteiger partial charge in [0, 0.05) is 17.6 Å². The van der Waals surface area contributed by atoms with Crippen LogP contribution in [0.4, 0.5) is 0 Å². The van der Waals surface area contributed by atoms with Crippen molar-refractivity contribution in [2.45, 2.75) is 6.42 Å². The van der Waals surface area contributed by atoms with Gasteiger partial charge in [-0.1, -0.05) is 12.1 Å². The minimum absolute atomic E-state index is 0.0541. The minimum Gasteiger partial charge on any atom is -0.497 e. The Morgan fingerprint density at radius 3 is 2.25 bits per heavy atom. The zero-order valence-electron chi connectivity index (χ0n) is 18.0. The van der Waals surface area contributed by atoms with Gasteiger partial charge in [0.05, 0.1) is 26.9 Å². The molecular formula is C26H22O6. The smallest absolute Gasteiger partial charge is 0.343 e. The van der Waals surface area contributed by atoms with E-state index in [4.69, 9.17) is 18.9 Å². The van der Waals surface area contributed by atoms with Crippen molar-refractivity contribution in [3.05, 3.63) is 88.5 Å². The summed E-state index contributed by atoms with van der Waals surface area (Å²) < 4.78 is 21.3. The molecular weight excluding hydrogens is 408 g/mol. The second kappa shape index (κ2) is 8.98. The van der Waals surface area contributed by atoms with Crippen LogP contribution in [0.1, 0.15) is 31.8 Å². The Labute approximate surface area is 186 Å². The van der Waals surface area contributed by atoms with Gasteiger partial charge in [0.2, 0.25) is 0 Å². The minimum atomic E-state index is -0.471. The van der Waals surface area contributed by atoms with Crippen LogP contribution in [0.3, 0.4) is 0 Å². The van der Waals surface area contributed by atoms with Gasteiger partial charge in [-0.15, -0.1) is 0 Å². The Bertz CT molecular complexity index is 1210. The lowest BCUT2D eigenvalue weighted by atomic mass is 10.1. The average molecular weight is 430 g/mol. The highest BCUT2D eigenvalue weighted by molar-refractivity contribution is 6.16. The SMILES string of the molecule is COc1ccc(C(=O)Oc2cccc(/C=C3\Cc4cc(OC)c(OC)cc4C3=O)c2)cc1. The van der Waals surface area contributed by atoms with Crippen molar-refractivity contribution in [2.24, 2.45) is 0 Å². The molecule has 3 aromatic carbocycles. The lowest BCUT2D eigenvalue weighted by molar-refractivity contribution is 0.0734. The molecule has 0 heterocycles. The number of hydrogen-bond donors (Lipinski definition) is 0. The molecule has 0 atom stereocenters. The van der Waals surface area contributed by atoms with Gasteiger partial charge in [-0.2, -0.15) is 0 Å². The zero-order chi connectivity index (χ0) is 22.7. The molecule has 0 spiro atoms. The maximum absolute atomic E-state index is 12.9. The molecule has 162 valence electrons. The van der Waals surface area contributed by atoms with Crippen molar-refractivity contribution in [3.8, 4) is 23.0 Å². The molecule has 1 aliphatic rings. The molecule has 0 N–H and O–H groups in total. The molecule has 0 aliphatic heterocycles. The third-order valence-corrected chi connectivity index (χ3v) is 5.26. The van der Waals surface area contributed by atoms with Gasteiger partial charge in [-0.3, -0.25) is 4.79 Å². The molecule has 0 fully saturated rings. The number of rotatable bonds is 6. The van der Waals surface area contributed by atoms with Crippen molar-refractivity contribution in [2.75, 3.05) is 21.3 Å². The number of ether oxygens (including phenoxy) is 4. The van der Waals surface area contributed by atoms with Crippen LogP contribution in [0.5, 0.6) is 23.0 Å². The third-order valence-electron chi connectivity index (χ3n) is 5.26. The monoisotopic (exact) mass is 430 g/mol. The number of fused-ring (bicyclic) bond motifs is 1. The average Bonchev–Trinajstić information content (AvgIpc) is 3.12. The predicted molar refractivity (Wildman–Crippen MR) is 120 cm³/mol. The highest BCUT2D eigenvalue weighted by atomic mass is 16.5. The highest BCUT2D eigenvalue weighted by Gasteiger charge is 2.27. The first kappa shape index (κ1) is 21.2. The number of Topliss-reactive ketones (excluding diaryl/α,β-unsaturated/α-hetero) is 1. The molecule has 6 nitrogen and oxygen atoms in total. The van der Waals surface area contributed by atoms with Crippen LogP contribution in [0.15, 0.2) is 66.2 Å². The van der Waals surface area contributed by atoms with Gasteiger partial charge in [0.1, 0.15) is 11.5 Å². The first-order valence-electron chi connectivity index (χ1n) is 9.99. The van der Waals surface area contributed by atoms with Crippen LogP contribution in [0.25, 0.3) is 6.08 Å². The van der Waals surface area contributed by atoms with E-state index >= 15 is 0 Å². The Balaban J connectivity index is 1.54. The van der Waals surface area contributed by atoms with Crippen LogP contribution < -0.4 is 18.9 Å². The summed E-state index contributed by atoms with van der Waals surface area (Å²) in [7, 11) is 4.67. The fourth-order valence-electron chi connectivity index (χ4n) is 3.62. The number of hydrogen-bond acceptors (Lipinski definition) is 6. The standard InChI is InChI=1S/C26H22O6/c1-29-20-9-7-17(8-10-20)26(28)32-21-6-4-5-16(12-21)11-19-13-18-14-23(30-2)24(31-3)15-22(18)25(19)27/h4-12,14-15H,13H2,1-3H3/b19-11+. The number of allylic oxidation sites excluding steroid dienone is 1. The summed E-state index contributed by atoms with van der Waals surface area (Å²) in [6.45, 7) is 0. The quantitative estimate of drug-likeness (QED) is 0.319. The molecule has 0 aromatic heterocycles. The Hall–Kier alpha value is -4.06. The van der Waals surface area contributed by atoms with E-state index in [1.165, 1.54) is 0 Å². The Morgan fingerprint density at radius 1 is 0.844 bits per heavy atom. The molecule has 0 saturated carbocycles. The van der Waals surface area contributed by atoms with Gasteiger partial charge in [0.25, 0.3) is 0 Å². The topological polar surface area (TPSA) is 71.1 Å². The summed E-state index contributed by atoms with van der Waals surface area (Å²) in [5.74, 6) is 1.64. The van der Waals surface area contributed by atoms with Gasteiger partial charge >= 0.3 is 5.97 Å². The summed E-state index contributed by atoms with van der Waals surface area (Å²) in [4.78, 5) is 25.3. The number of esters is 1. The van der Waals surface area contributed by atoms with E-state index in [0.29, 0.717) is 46.1 Å². The van der Waals surface area contributed by atoms with E-state index in [9.17, 15) is 9.59 Å². The van der Waals surface area contributed by atoms with E-state index in [0.717, 1.165) is 11.1 Å². The van der Waals surface area contributed by atoms with Crippen LogP contribution in [-0.4, -0.2) is 33.1 Å². The molecule has 6 heteroatoms. The summed E-state index contributed by atoms with van der Waals surface area (Å²) in [6.07, 6.45) is 2.30. The van der Waals surface area contributed by atoms with Crippen molar-refractivity contribution in [1.82, 2.24) is 0 Å². The lowest BCUT2D eigenvalue weighted by Crippen LogP contribution is -2.08. The first-order valence-corrected chi connectivity index (χ1v) is 9.99. The molecule has 0 saturated heterocycles. The second-order valence-corrected chi connectivity index (χ2v) is 7.23. The fraction of sp³-hybridized carbons (Fsp3) is 0.154. The number of carbonyl (C=O) groups is 2. The van der Waals surface area contributed by atoms with Gasteiger partial charge in [-0.05, 0) is 65.7 Å². The van der Waals surface area contributed by atoms with Crippen LogP contribution >= 0.6 is 0 Å². The van der Waals surface area contributed by atoms with E-state index in [1.807, 2.05) is 18.2 Å². The molecule has 0 amide bonds. The molecule has 1 aliphatic carbocycles. The van der Waals surface area contributed by atoms with Crippen molar-refractivity contribution < 1.29 is 28.5 Å². The van der Waals surface area contributed by atoms with Crippen molar-refractivity contribution in [1.29, 1.82) is 0 Å². The largest absolute Gasteiger partial charge is 0.497 e. The molecule has 0 unspecified atom stereocenters. The summed E-state index contributed by atoms with van der Waals surface area (Å²) in [6, 6.07) is 17.3. The van der Waals surface area contributed by atoms with E-state index in [1.54, 1.807) is 69.9 Å². The third kappa shape index (κ3) is 4.21. The highest BCUT2D eigenvalue weighted by Crippen LogP contribution is 2.37. The lowest BCUT2D eigenvalue weighted by Gasteiger charge is -2.08. The van der Waals surface area contributed by atoms with E-state index in [2.05, 4.69) is 0 Å². The van der Waals surface area contributed by atoms with E-state index in [-0.39, 0.29) is 5.78 Å². The van der Waals surface area contributed by atoms with Crippen molar-refractivity contribution >= 4 is 17.8 Å². The number of methoxy groups -OCH3 is 3. The van der Waals surface area contributed by atoms with Gasteiger partial charge in [-0.25, -0.2) is 4.79 Å². The summed E-state index contributed by atoms with van der Waals surface area (Å²) in [5.41, 5.74) is 3.32. The zero-order valence-corrected chi connectivity index (χ0v) is 18.0. The number of ketones is 1. The number of benzene rings is 3. The van der Waals surface area contributed by atoms with E-state index < -0.39 is 5.97 Å². The first-order chi connectivity index (χ1) is 15.5. The molecule has 3 aromatic rings. The Kier molecular flexibility index (Phi) is 5.94. The molecule has 0 bridgehead atoms. The molecule has 4 rings (SSSR count). The maximum atomic E-state index is 12.9. The van der Waals surface area contributed by atoms with Gasteiger partial charge < -0.3 is 18.9 Å².